The summed E-state index contributed by atoms with van der Waals surface area (Å²) < 4.78 is 5.19. The summed E-state index contributed by atoms with van der Waals surface area (Å²) in [6.07, 6.45) is 0. The third-order valence-corrected chi connectivity index (χ3v) is 3.76. The monoisotopic (exact) mass is 316 g/mol. The van der Waals surface area contributed by atoms with Crippen LogP contribution in [0.2, 0.25) is 0 Å². The number of aromatic nitrogens is 1. The zero-order chi connectivity index (χ0) is 17.0. The summed E-state index contributed by atoms with van der Waals surface area (Å²) in [6, 6.07) is 10.0. The smallest absolute Gasteiger partial charge is 0.281 e. The van der Waals surface area contributed by atoms with Gasteiger partial charge in [0.25, 0.3) is 5.91 Å². The molecule has 124 valence electrons. The van der Waals surface area contributed by atoms with E-state index in [2.05, 4.69) is 50.3 Å². The van der Waals surface area contributed by atoms with Crippen LogP contribution in [0.25, 0.3) is 0 Å². The number of rotatable bonds is 5. The first-order chi connectivity index (χ1) is 10.8. The lowest BCUT2D eigenvalue weighted by Gasteiger charge is -2.14. The highest BCUT2D eigenvalue weighted by Gasteiger charge is 2.20. The highest BCUT2D eigenvalue weighted by molar-refractivity contribution is 5.90. The van der Waals surface area contributed by atoms with Crippen molar-refractivity contribution >= 4 is 11.8 Å². The van der Waals surface area contributed by atoms with Crippen molar-refractivity contribution in [1.29, 1.82) is 0 Å². The summed E-state index contributed by atoms with van der Waals surface area (Å²) >= 11 is 0. The average molecular weight is 316 g/mol. The van der Waals surface area contributed by atoms with E-state index in [1.165, 1.54) is 11.1 Å². The van der Waals surface area contributed by atoms with Gasteiger partial charge in [0, 0.05) is 17.0 Å². The predicted molar refractivity (Wildman–Crippen MR) is 90.5 cm³/mol. The summed E-state index contributed by atoms with van der Waals surface area (Å²) in [4.78, 5) is 13.3. The highest BCUT2D eigenvalue weighted by atomic mass is 16.5. The Hall–Kier alpha value is -2.14. The molecule has 5 nitrogen and oxygen atoms in total. The molecular formula is C18H26N3O2+. The third-order valence-electron chi connectivity index (χ3n) is 3.76. The molecular weight excluding hydrogens is 290 g/mol. The molecule has 0 saturated heterocycles. The minimum absolute atomic E-state index is 0.0762. The van der Waals surface area contributed by atoms with Crippen LogP contribution in [0.3, 0.4) is 0 Å². The van der Waals surface area contributed by atoms with Gasteiger partial charge in [-0.15, -0.1) is 0 Å². The maximum Gasteiger partial charge on any atom is 0.281 e. The van der Waals surface area contributed by atoms with E-state index in [-0.39, 0.29) is 11.3 Å². The quantitative estimate of drug-likeness (QED) is 0.886. The summed E-state index contributed by atoms with van der Waals surface area (Å²) in [7, 11) is 2.01. The van der Waals surface area contributed by atoms with Gasteiger partial charge in [0.15, 0.2) is 6.54 Å². The molecule has 0 aliphatic carbocycles. The lowest BCUT2D eigenvalue weighted by molar-refractivity contribution is -0.885. The number of amides is 1. The molecule has 1 unspecified atom stereocenters. The number of benzene rings is 1. The minimum atomic E-state index is -0.0979. The Morgan fingerprint density at radius 1 is 1.30 bits per heavy atom. The van der Waals surface area contributed by atoms with E-state index < -0.39 is 0 Å². The molecule has 0 spiro atoms. The van der Waals surface area contributed by atoms with Gasteiger partial charge in [0.2, 0.25) is 5.88 Å². The summed E-state index contributed by atoms with van der Waals surface area (Å²) in [6.45, 7) is 9.43. The van der Waals surface area contributed by atoms with E-state index >= 15 is 0 Å². The molecule has 0 aliphatic heterocycles. The molecule has 1 atom stereocenters. The molecule has 1 heterocycles. The predicted octanol–water partition coefficient (Wildman–Crippen LogP) is 1.93. The van der Waals surface area contributed by atoms with Crippen LogP contribution in [0.15, 0.2) is 34.9 Å². The number of carbonyl (C=O) groups excluding carboxylic acids is 1. The number of aryl methyl sites for hydroxylation is 1. The molecule has 23 heavy (non-hydrogen) atoms. The van der Waals surface area contributed by atoms with Crippen molar-refractivity contribution in [2.75, 3.05) is 18.9 Å². The molecule has 2 rings (SSSR count). The number of carbonyl (C=O) groups is 1. The van der Waals surface area contributed by atoms with E-state index in [0.29, 0.717) is 12.4 Å². The van der Waals surface area contributed by atoms with Gasteiger partial charge in [-0.25, -0.2) is 0 Å². The van der Waals surface area contributed by atoms with Crippen molar-refractivity contribution in [3.63, 3.8) is 0 Å². The molecule has 1 amide bonds. The summed E-state index contributed by atoms with van der Waals surface area (Å²) in [5.74, 6) is 0.330. The van der Waals surface area contributed by atoms with E-state index in [1.54, 1.807) is 6.07 Å². The second kappa shape index (κ2) is 6.96. The van der Waals surface area contributed by atoms with Crippen LogP contribution < -0.4 is 10.2 Å². The first-order valence-corrected chi connectivity index (χ1v) is 7.88. The van der Waals surface area contributed by atoms with E-state index in [4.69, 9.17) is 4.52 Å². The SMILES string of the molecule is Cc1ccccc1C[NH+](C)CC(=O)Nc1cc(C(C)(C)C)no1. The number of hydrogen-bond acceptors (Lipinski definition) is 3. The number of anilines is 1. The van der Waals surface area contributed by atoms with E-state index in [0.717, 1.165) is 17.1 Å². The molecule has 0 aliphatic rings. The topological polar surface area (TPSA) is 59.6 Å². The lowest BCUT2D eigenvalue weighted by atomic mass is 9.92. The largest absolute Gasteiger partial charge is 0.338 e. The van der Waals surface area contributed by atoms with Crippen LogP contribution in [0.4, 0.5) is 5.88 Å². The maximum atomic E-state index is 12.1. The van der Waals surface area contributed by atoms with Crippen molar-refractivity contribution in [1.82, 2.24) is 5.16 Å². The number of nitrogens with one attached hydrogen (secondary N) is 2. The minimum Gasteiger partial charge on any atom is -0.338 e. The number of hydrogen-bond donors (Lipinski definition) is 2. The molecule has 0 bridgehead atoms. The number of nitrogens with zero attached hydrogens (tertiary/aromatic N) is 1. The van der Waals surface area contributed by atoms with E-state index in [9.17, 15) is 4.79 Å². The second-order valence-corrected chi connectivity index (χ2v) is 7.11. The molecule has 2 aromatic rings. The Balaban J connectivity index is 1.89. The molecule has 0 radical (unpaired) electrons. The van der Waals surface area contributed by atoms with Gasteiger partial charge in [-0.05, 0) is 12.5 Å². The maximum absolute atomic E-state index is 12.1. The van der Waals surface area contributed by atoms with Crippen molar-refractivity contribution in [3.05, 3.63) is 47.2 Å². The first kappa shape index (κ1) is 17.2. The normalized spacial score (nSPS) is 12.9. The number of likely N-dealkylation sites (N-methyl/N-ethyl adjacent to an activating group) is 1. The molecule has 1 aromatic carbocycles. The van der Waals surface area contributed by atoms with Crippen molar-refractivity contribution in [3.8, 4) is 0 Å². The average Bonchev–Trinajstić information content (AvgIpc) is 2.89. The van der Waals surface area contributed by atoms with Gasteiger partial charge >= 0.3 is 0 Å². The fraction of sp³-hybridized carbons (Fsp3) is 0.444. The Morgan fingerprint density at radius 2 is 2.00 bits per heavy atom. The molecule has 5 heteroatoms. The molecule has 0 fully saturated rings. The van der Waals surface area contributed by atoms with Gasteiger partial charge in [0.05, 0.1) is 12.7 Å². The van der Waals surface area contributed by atoms with Gasteiger partial charge in [-0.1, -0.05) is 50.2 Å². The summed E-state index contributed by atoms with van der Waals surface area (Å²) in [5.41, 5.74) is 3.23. The Labute approximate surface area is 137 Å². The number of quaternary nitrogens is 1. The fourth-order valence-corrected chi connectivity index (χ4v) is 2.34. The van der Waals surface area contributed by atoms with Gasteiger partial charge in [-0.3, -0.25) is 10.1 Å². The summed E-state index contributed by atoms with van der Waals surface area (Å²) in [5, 5.41) is 6.78. The Bertz CT molecular complexity index is 671. The van der Waals surface area contributed by atoms with Crippen LogP contribution in [0.1, 0.15) is 37.6 Å². The van der Waals surface area contributed by atoms with Gasteiger partial charge in [0.1, 0.15) is 6.54 Å². The van der Waals surface area contributed by atoms with Crippen LogP contribution in [0, 0.1) is 6.92 Å². The van der Waals surface area contributed by atoms with Crippen molar-refractivity contribution in [2.24, 2.45) is 0 Å². The van der Waals surface area contributed by atoms with Crippen molar-refractivity contribution in [2.45, 2.75) is 39.7 Å². The lowest BCUT2D eigenvalue weighted by Crippen LogP contribution is -3.08. The second-order valence-electron chi connectivity index (χ2n) is 7.11. The molecule has 1 aromatic heterocycles. The van der Waals surface area contributed by atoms with Gasteiger partial charge < -0.3 is 9.42 Å². The van der Waals surface area contributed by atoms with Crippen LogP contribution in [-0.4, -0.2) is 24.7 Å². The van der Waals surface area contributed by atoms with Crippen LogP contribution in [-0.2, 0) is 16.8 Å². The van der Waals surface area contributed by atoms with Gasteiger partial charge in [-0.2, -0.15) is 0 Å². The third kappa shape index (κ3) is 4.93. The highest BCUT2D eigenvalue weighted by Crippen LogP contribution is 2.23. The van der Waals surface area contributed by atoms with Crippen molar-refractivity contribution < 1.29 is 14.2 Å². The Morgan fingerprint density at radius 3 is 2.61 bits per heavy atom. The zero-order valence-electron chi connectivity index (χ0n) is 14.6. The first-order valence-electron chi connectivity index (χ1n) is 7.88. The zero-order valence-corrected chi connectivity index (χ0v) is 14.6. The molecule has 0 saturated carbocycles. The van der Waals surface area contributed by atoms with E-state index in [1.807, 2.05) is 19.2 Å². The molecule has 2 N–H and O–H groups in total. The van der Waals surface area contributed by atoms with Crippen LogP contribution >= 0.6 is 0 Å². The standard InChI is InChI=1S/C18H25N3O2/c1-13-8-6-7-9-14(13)11-21(5)12-16(22)19-17-10-15(20-23-17)18(2,3)4/h6-10H,11-12H2,1-5H3,(H,19,22)/p+1. The Kier molecular flexibility index (Phi) is 5.21. The van der Waals surface area contributed by atoms with Crippen LogP contribution in [0.5, 0.6) is 0 Å². The fourth-order valence-electron chi connectivity index (χ4n) is 2.34.